The summed E-state index contributed by atoms with van der Waals surface area (Å²) in [5.41, 5.74) is 2.50. The molecule has 1 heterocycles. The maximum atomic E-state index is 12.5. The lowest BCUT2D eigenvalue weighted by Crippen LogP contribution is -2.47. The molecule has 2 amide bonds. The van der Waals surface area contributed by atoms with E-state index in [4.69, 9.17) is 0 Å². The van der Waals surface area contributed by atoms with Crippen molar-refractivity contribution in [2.24, 2.45) is 5.92 Å². The molecule has 1 N–H and O–H groups in total. The van der Waals surface area contributed by atoms with Crippen molar-refractivity contribution in [1.82, 2.24) is 10.2 Å². The minimum absolute atomic E-state index is 0.119. The Morgan fingerprint density at radius 2 is 1.80 bits per heavy atom. The van der Waals surface area contributed by atoms with Crippen molar-refractivity contribution in [1.29, 1.82) is 0 Å². The number of amides is 2. The first-order valence-corrected chi connectivity index (χ1v) is 9.67. The van der Waals surface area contributed by atoms with Crippen molar-refractivity contribution in [2.45, 2.75) is 65.3 Å². The fraction of sp³-hybridized carbons (Fsp3) is 0.619. The first-order chi connectivity index (χ1) is 12.0. The van der Waals surface area contributed by atoms with E-state index in [0.717, 1.165) is 45.2 Å². The molecule has 0 spiro atoms. The molecule has 1 fully saturated rings. The van der Waals surface area contributed by atoms with Crippen molar-refractivity contribution >= 4 is 11.8 Å². The van der Waals surface area contributed by atoms with Crippen LogP contribution in [0.4, 0.5) is 0 Å². The maximum Gasteiger partial charge on any atom is 0.223 e. The average Bonchev–Trinajstić information content (AvgIpc) is 2.62. The Balaban J connectivity index is 1.75. The number of hydrogen-bond acceptors (Lipinski definition) is 2. The number of piperidine rings is 1. The van der Waals surface area contributed by atoms with E-state index in [9.17, 15) is 9.59 Å². The van der Waals surface area contributed by atoms with Crippen molar-refractivity contribution < 1.29 is 9.59 Å². The third-order valence-electron chi connectivity index (χ3n) is 5.42. The van der Waals surface area contributed by atoms with E-state index in [2.05, 4.69) is 38.2 Å². The summed E-state index contributed by atoms with van der Waals surface area (Å²) in [4.78, 5) is 26.6. The summed E-state index contributed by atoms with van der Waals surface area (Å²) in [5, 5.41) is 3.17. The quantitative estimate of drug-likeness (QED) is 0.823. The van der Waals surface area contributed by atoms with Gasteiger partial charge in [0, 0.05) is 31.5 Å². The number of nitrogens with zero attached hydrogens (tertiary/aromatic N) is 1. The van der Waals surface area contributed by atoms with E-state index in [1.807, 2.05) is 17.0 Å². The number of hydrogen-bond donors (Lipinski definition) is 1. The van der Waals surface area contributed by atoms with Crippen LogP contribution >= 0.6 is 0 Å². The zero-order chi connectivity index (χ0) is 18.2. The summed E-state index contributed by atoms with van der Waals surface area (Å²) >= 11 is 0. The van der Waals surface area contributed by atoms with Crippen LogP contribution in [0.1, 0.15) is 57.1 Å². The van der Waals surface area contributed by atoms with Crippen LogP contribution in [0.25, 0.3) is 0 Å². The lowest BCUT2D eigenvalue weighted by Gasteiger charge is -2.33. The Hall–Kier alpha value is -1.84. The summed E-state index contributed by atoms with van der Waals surface area (Å²) in [6.45, 7) is 7.71. The molecular formula is C21H32N2O2. The van der Waals surface area contributed by atoms with E-state index in [1.54, 1.807) is 0 Å². The number of aryl methyl sites for hydroxylation is 2. The largest absolute Gasteiger partial charge is 0.353 e. The van der Waals surface area contributed by atoms with Crippen molar-refractivity contribution in [3.8, 4) is 0 Å². The van der Waals surface area contributed by atoms with Gasteiger partial charge < -0.3 is 10.2 Å². The minimum atomic E-state index is 0.119. The van der Waals surface area contributed by atoms with Gasteiger partial charge in [0.05, 0.1) is 0 Å². The van der Waals surface area contributed by atoms with Crippen LogP contribution in [0.3, 0.4) is 0 Å². The molecular weight excluding hydrogens is 312 g/mol. The van der Waals surface area contributed by atoms with Gasteiger partial charge >= 0.3 is 0 Å². The molecule has 1 aliphatic heterocycles. The van der Waals surface area contributed by atoms with Crippen LogP contribution in [0.15, 0.2) is 24.3 Å². The highest BCUT2D eigenvalue weighted by atomic mass is 16.2. The molecule has 0 radical (unpaired) electrons. The summed E-state index contributed by atoms with van der Waals surface area (Å²) in [6, 6.07) is 8.46. The fourth-order valence-electron chi connectivity index (χ4n) is 3.54. The minimum Gasteiger partial charge on any atom is -0.353 e. The SMILES string of the molecule is CCC(CC)C(=O)NC1CCN(C(=O)CCc2ccccc2C)CC1. The van der Waals surface area contributed by atoms with Gasteiger partial charge in [-0.3, -0.25) is 9.59 Å². The standard InChI is InChI=1S/C21H32N2O2/c1-4-17(5-2)21(25)22-19-12-14-23(15-13-19)20(24)11-10-18-9-7-6-8-16(18)3/h6-9,17,19H,4-5,10-15H2,1-3H3,(H,22,25). The highest BCUT2D eigenvalue weighted by molar-refractivity contribution is 5.79. The predicted molar refractivity (Wildman–Crippen MR) is 101 cm³/mol. The average molecular weight is 344 g/mol. The predicted octanol–water partition coefficient (Wildman–Crippen LogP) is 3.47. The van der Waals surface area contributed by atoms with Crippen molar-refractivity contribution in [3.05, 3.63) is 35.4 Å². The molecule has 0 aromatic heterocycles. The second-order valence-electron chi connectivity index (χ2n) is 7.10. The van der Waals surface area contributed by atoms with E-state index in [-0.39, 0.29) is 23.8 Å². The summed E-state index contributed by atoms with van der Waals surface area (Å²) < 4.78 is 0. The normalized spacial score (nSPS) is 15.4. The van der Waals surface area contributed by atoms with Gasteiger partial charge in [-0.2, -0.15) is 0 Å². The van der Waals surface area contributed by atoms with E-state index < -0.39 is 0 Å². The maximum absolute atomic E-state index is 12.5. The Morgan fingerprint density at radius 3 is 2.40 bits per heavy atom. The molecule has 1 saturated heterocycles. The van der Waals surface area contributed by atoms with Crippen LogP contribution in [-0.4, -0.2) is 35.8 Å². The number of carbonyl (C=O) groups excluding carboxylic acids is 2. The molecule has 1 aromatic carbocycles. The van der Waals surface area contributed by atoms with Gasteiger partial charge in [0.2, 0.25) is 11.8 Å². The summed E-state index contributed by atoms with van der Waals surface area (Å²) in [6.07, 6.45) is 4.87. The third kappa shape index (κ3) is 5.58. The number of rotatable bonds is 7. The summed E-state index contributed by atoms with van der Waals surface area (Å²) in [7, 11) is 0. The van der Waals surface area contributed by atoms with Crippen LogP contribution in [-0.2, 0) is 16.0 Å². The van der Waals surface area contributed by atoms with E-state index >= 15 is 0 Å². The third-order valence-corrected chi connectivity index (χ3v) is 5.42. The molecule has 138 valence electrons. The number of likely N-dealkylation sites (tertiary alicyclic amines) is 1. The molecule has 0 unspecified atom stereocenters. The van der Waals surface area contributed by atoms with Crippen LogP contribution in [0.5, 0.6) is 0 Å². The zero-order valence-electron chi connectivity index (χ0n) is 15.9. The molecule has 0 aliphatic carbocycles. The molecule has 0 bridgehead atoms. The van der Waals surface area contributed by atoms with Gasteiger partial charge in [-0.05, 0) is 50.2 Å². The molecule has 0 saturated carbocycles. The van der Waals surface area contributed by atoms with Gasteiger partial charge in [0.1, 0.15) is 0 Å². The lowest BCUT2D eigenvalue weighted by molar-refractivity contribution is -0.132. The highest BCUT2D eigenvalue weighted by Crippen LogP contribution is 2.16. The van der Waals surface area contributed by atoms with Gasteiger partial charge in [-0.25, -0.2) is 0 Å². The Kier molecular flexibility index (Phi) is 7.48. The molecule has 0 atom stereocenters. The summed E-state index contributed by atoms with van der Waals surface area (Å²) in [5.74, 6) is 0.524. The van der Waals surface area contributed by atoms with Crippen LogP contribution in [0.2, 0.25) is 0 Å². The van der Waals surface area contributed by atoms with E-state index in [0.29, 0.717) is 6.42 Å². The monoisotopic (exact) mass is 344 g/mol. The fourth-order valence-corrected chi connectivity index (χ4v) is 3.54. The van der Waals surface area contributed by atoms with Crippen LogP contribution in [0, 0.1) is 12.8 Å². The Bertz CT molecular complexity index is 573. The topological polar surface area (TPSA) is 49.4 Å². The van der Waals surface area contributed by atoms with Gasteiger partial charge in [-0.1, -0.05) is 38.1 Å². The molecule has 1 aliphatic rings. The van der Waals surface area contributed by atoms with Gasteiger partial charge in [-0.15, -0.1) is 0 Å². The zero-order valence-corrected chi connectivity index (χ0v) is 15.9. The van der Waals surface area contributed by atoms with Crippen molar-refractivity contribution in [2.75, 3.05) is 13.1 Å². The molecule has 4 nitrogen and oxygen atoms in total. The van der Waals surface area contributed by atoms with Gasteiger partial charge in [0.25, 0.3) is 0 Å². The number of nitrogens with one attached hydrogen (secondary N) is 1. The second kappa shape index (κ2) is 9.59. The van der Waals surface area contributed by atoms with E-state index in [1.165, 1.54) is 11.1 Å². The number of benzene rings is 1. The first-order valence-electron chi connectivity index (χ1n) is 9.67. The molecule has 1 aromatic rings. The number of carbonyl (C=O) groups is 2. The first kappa shape index (κ1) is 19.5. The Labute approximate surface area is 152 Å². The van der Waals surface area contributed by atoms with Crippen LogP contribution < -0.4 is 5.32 Å². The highest BCUT2D eigenvalue weighted by Gasteiger charge is 2.25. The second-order valence-corrected chi connectivity index (χ2v) is 7.10. The Morgan fingerprint density at radius 1 is 1.16 bits per heavy atom. The van der Waals surface area contributed by atoms with Crippen molar-refractivity contribution in [3.63, 3.8) is 0 Å². The van der Waals surface area contributed by atoms with Gasteiger partial charge in [0.15, 0.2) is 0 Å². The lowest BCUT2D eigenvalue weighted by atomic mass is 9.99. The smallest absolute Gasteiger partial charge is 0.223 e. The molecule has 4 heteroatoms. The molecule has 25 heavy (non-hydrogen) atoms. The molecule has 2 rings (SSSR count).